The fourth-order valence-corrected chi connectivity index (χ4v) is 1.96. The summed E-state index contributed by atoms with van der Waals surface area (Å²) in [5.41, 5.74) is 2.03. The van der Waals surface area contributed by atoms with E-state index in [9.17, 15) is 9.90 Å². The molecule has 0 radical (unpaired) electrons. The van der Waals surface area contributed by atoms with Gasteiger partial charge in [-0.05, 0) is 33.4 Å². The van der Waals surface area contributed by atoms with Crippen LogP contribution in [0.5, 0.6) is 0 Å². The number of hydrogen-bond donors (Lipinski definition) is 3. The zero-order valence-electron chi connectivity index (χ0n) is 12.0. The Morgan fingerprint density at radius 1 is 1.58 bits per heavy atom. The molecule has 0 aromatic carbocycles. The van der Waals surface area contributed by atoms with Crippen LogP contribution in [0.1, 0.15) is 42.6 Å². The highest BCUT2D eigenvalue weighted by molar-refractivity contribution is 5.92. The number of carbonyl (C=O) groups excluding carboxylic acids is 1. The van der Waals surface area contributed by atoms with E-state index < -0.39 is 11.5 Å². The lowest BCUT2D eigenvalue weighted by molar-refractivity contribution is 0.0332. The summed E-state index contributed by atoms with van der Waals surface area (Å²) < 4.78 is 5.50. The van der Waals surface area contributed by atoms with E-state index in [1.54, 1.807) is 20.8 Å². The minimum atomic E-state index is -0.769. The number of nitrogens with two attached hydrogens (primary N) is 1. The standard InChI is InChI=1S/C13H23N3O3/c1-5-16(8-13(3,4)18)7-10-6-9(2)11(19-10)12(17)15-14/h6,18H,5,7-8,14H2,1-4H3,(H,15,17). The minimum Gasteiger partial charge on any atom is -0.454 e. The molecule has 4 N–H and O–H groups in total. The average Bonchev–Trinajstić information content (AvgIpc) is 2.66. The first-order valence-electron chi connectivity index (χ1n) is 6.31. The molecular formula is C13H23N3O3. The van der Waals surface area contributed by atoms with E-state index in [-0.39, 0.29) is 5.76 Å². The lowest BCUT2D eigenvalue weighted by Gasteiger charge is -2.27. The molecule has 0 bridgehead atoms. The highest BCUT2D eigenvalue weighted by Gasteiger charge is 2.20. The molecule has 1 amide bonds. The van der Waals surface area contributed by atoms with E-state index in [1.165, 1.54) is 0 Å². The van der Waals surface area contributed by atoms with Gasteiger partial charge in [0.05, 0.1) is 12.1 Å². The highest BCUT2D eigenvalue weighted by atomic mass is 16.4. The first kappa shape index (κ1) is 15.7. The predicted octanol–water partition coefficient (Wildman–Crippen LogP) is 0.784. The van der Waals surface area contributed by atoms with Gasteiger partial charge in [-0.25, -0.2) is 5.84 Å². The molecule has 0 aliphatic carbocycles. The molecule has 19 heavy (non-hydrogen) atoms. The van der Waals surface area contributed by atoms with Crippen molar-refractivity contribution >= 4 is 5.91 Å². The van der Waals surface area contributed by atoms with Gasteiger partial charge >= 0.3 is 5.91 Å². The summed E-state index contributed by atoms with van der Waals surface area (Å²) in [5.74, 6) is 5.57. The first-order chi connectivity index (χ1) is 8.76. The molecule has 0 aliphatic rings. The van der Waals surface area contributed by atoms with Gasteiger partial charge in [0.1, 0.15) is 5.76 Å². The largest absolute Gasteiger partial charge is 0.454 e. The Labute approximate surface area is 113 Å². The number of aryl methyl sites for hydroxylation is 1. The van der Waals surface area contributed by atoms with E-state index >= 15 is 0 Å². The zero-order chi connectivity index (χ0) is 14.6. The van der Waals surface area contributed by atoms with Gasteiger partial charge in [-0.15, -0.1) is 0 Å². The van der Waals surface area contributed by atoms with E-state index in [1.807, 2.05) is 17.9 Å². The maximum absolute atomic E-state index is 11.4. The summed E-state index contributed by atoms with van der Waals surface area (Å²) in [6.07, 6.45) is 0. The summed E-state index contributed by atoms with van der Waals surface area (Å²) in [6.45, 7) is 9.18. The van der Waals surface area contributed by atoms with Gasteiger partial charge in [0, 0.05) is 12.1 Å². The van der Waals surface area contributed by atoms with E-state index in [4.69, 9.17) is 10.3 Å². The topological polar surface area (TPSA) is 91.7 Å². The Balaban J connectivity index is 2.78. The fourth-order valence-electron chi connectivity index (χ4n) is 1.96. The van der Waals surface area contributed by atoms with Gasteiger partial charge in [-0.1, -0.05) is 6.92 Å². The van der Waals surface area contributed by atoms with E-state index in [0.29, 0.717) is 18.8 Å². The number of nitrogens with zero attached hydrogens (tertiary/aromatic N) is 1. The fraction of sp³-hybridized carbons (Fsp3) is 0.615. The molecule has 1 aromatic rings. The van der Waals surface area contributed by atoms with Gasteiger partial charge in [-0.2, -0.15) is 0 Å². The molecule has 6 nitrogen and oxygen atoms in total. The number of likely N-dealkylation sites (N-methyl/N-ethyl adjacent to an activating group) is 1. The van der Waals surface area contributed by atoms with Crippen molar-refractivity contribution in [1.29, 1.82) is 0 Å². The molecule has 0 saturated carbocycles. The Hall–Kier alpha value is -1.37. The Bertz CT molecular complexity index is 435. The maximum atomic E-state index is 11.4. The van der Waals surface area contributed by atoms with Gasteiger partial charge in [0.2, 0.25) is 0 Å². The molecule has 0 fully saturated rings. The van der Waals surface area contributed by atoms with Crippen molar-refractivity contribution < 1.29 is 14.3 Å². The van der Waals surface area contributed by atoms with E-state index in [2.05, 4.69) is 5.43 Å². The number of furan rings is 1. The lowest BCUT2D eigenvalue weighted by Crippen LogP contribution is -2.38. The average molecular weight is 269 g/mol. The third-order valence-corrected chi connectivity index (χ3v) is 2.74. The maximum Gasteiger partial charge on any atom is 0.301 e. The third-order valence-electron chi connectivity index (χ3n) is 2.74. The lowest BCUT2D eigenvalue weighted by atomic mass is 10.1. The van der Waals surface area contributed by atoms with Gasteiger partial charge in [0.25, 0.3) is 0 Å². The number of amides is 1. The summed E-state index contributed by atoms with van der Waals surface area (Å²) in [5, 5.41) is 9.83. The van der Waals surface area contributed by atoms with Crippen molar-refractivity contribution in [2.45, 2.75) is 39.8 Å². The molecule has 0 spiro atoms. The molecule has 1 rings (SSSR count). The highest BCUT2D eigenvalue weighted by Crippen LogP contribution is 2.17. The Morgan fingerprint density at radius 3 is 2.68 bits per heavy atom. The molecule has 0 atom stereocenters. The summed E-state index contributed by atoms with van der Waals surface area (Å²) in [7, 11) is 0. The van der Waals surface area contributed by atoms with Crippen LogP contribution in [0.2, 0.25) is 0 Å². The number of nitrogen functional groups attached to an aromatic ring is 1. The van der Waals surface area contributed by atoms with Crippen molar-refractivity contribution in [2.75, 3.05) is 13.1 Å². The second-order valence-electron chi connectivity index (χ2n) is 5.31. The number of rotatable bonds is 6. The SMILES string of the molecule is CCN(Cc1cc(C)c(C(=O)NN)o1)CC(C)(C)O. The molecule has 0 aliphatic heterocycles. The second-order valence-corrected chi connectivity index (χ2v) is 5.31. The summed E-state index contributed by atoms with van der Waals surface area (Å²) in [4.78, 5) is 13.5. The monoisotopic (exact) mass is 269 g/mol. The molecule has 6 heteroatoms. The van der Waals surface area contributed by atoms with Crippen LogP contribution < -0.4 is 11.3 Å². The van der Waals surface area contributed by atoms with Crippen LogP contribution in [-0.2, 0) is 6.54 Å². The second kappa shape index (κ2) is 6.18. The van der Waals surface area contributed by atoms with Crippen LogP contribution in [0.25, 0.3) is 0 Å². The molecule has 0 saturated heterocycles. The molecule has 1 aromatic heterocycles. The molecule has 1 heterocycles. The van der Waals surface area contributed by atoms with Crippen molar-refractivity contribution in [3.8, 4) is 0 Å². The van der Waals surface area contributed by atoms with Crippen LogP contribution in [0, 0.1) is 6.92 Å². The quantitative estimate of drug-likeness (QED) is 0.403. The predicted molar refractivity (Wildman–Crippen MR) is 72.3 cm³/mol. The zero-order valence-corrected chi connectivity index (χ0v) is 12.0. The molecule has 0 unspecified atom stereocenters. The summed E-state index contributed by atoms with van der Waals surface area (Å²) in [6, 6.07) is 1.82. The minimum absolute atomic E-state index is 0.233. The Kier molecular flexibility index (Phi) is 5.11. The third kappa shape index (κ3) is 4.66. The number of aliphatic hydroxyl groups is 1. The van der Waals surface area contributed by atoms with Crippen LogP contribution in [0.4, 0.5) is 0 Å². The van der Waals surface area contributed by atoms with Crippen LogP contribution >= 0.6 is 0 Å². The van der Waals surface area contributed by atoms with Gasteiger partial charge in [-0.3, -0.25) is 15.1 Å². The van der Waals surface area contributed by atoms with Crippen LogP contribution in [-0.4, -0.2) is 34.6 Å². The Morgan fingerprint density at radius 2 is 2.21 bits per heavy atom. The van der Waals surface area contributed by atoms with Gasteiger partial charge in [0.15, 0.2) is 5.76 Å². The van der Waals surface area contributed by atoms with Gasteiger partial charge < -0.3 is 9.52 Å². The number of nitrogens with one attached hydrogen (secondary N) is 1. The van der Waals surface area contributed by atoms with Crippen LogP contribution in [0.15, 0.2) is 10.5 Å². The molecular weight excluding hydrogens is 246 g/mol. The van der Waals surface area contributed by atoms with Crippen molar-refractivity contribution in [3.05, 3.63) is 23.2 Å². The van der Waals surface area contributed by atoms with Crippen LogP contribution in [0.3, 0.4) is 0 Å². The smallest absolute Gasteiger partial charge is 0.301 e. The van der Waals surface area contributed by atoms with Crippen molar-refractivity contribution in [1.82, 2.24) is 10.3 Å². The van der Waals surface area contributed by atoms with E-state index in [0.717, 1.165) is 12.1 Å². The number of hydrazine groups is 1. The molecule has 108 valence electrons. The summed E-state index contributed by atoms with van der Waals surface area (Å²) >= 11 is 0. The van der Waals surface area contributed by atoms with Crippen molar-refractivity contribution in [2.24, 2.45) is 5.84 Å². The number of carbonyl (C=O) groups is 1. The number of hydrogen-bond acceptors (Lipinski definition) is 5. The first-order valence-corrected chi connectivity index (χ1v) is 6.31. The van der Waals surface area contributed by atoms with Crippen molar-refractivity contribution in [3.63, 3.8) is 0 Å². The normalized spacial score (nSPS) is 11.9.